The molecule has 0 bridgehead atoms. The van der Waals surface area contributed by atoms with E-state index < -0.39 is 0 Å². The maximum Gasteiger partial charge on any atom is 0.0874 e. The van der Waals surface area contributed by atoms with Crippen molar-refractivity contribution in [1.82, 2.24) is 9.88 Å². The van der Waals surface area contributed by atoms with Gasteiger partial charge in [-0.05, 0) is 30.8 Å². The van der Waals surface area contributed by atoms with Gasteiger partial charge in [0, 0.05) is 31.2 Å². The number of hydrogen-bond acceptors (Lipinski definition) is 5. The number of morpholine rings is 1. The zero-order chi connectivity index (χ0) is 14.7. The van der Waals surface area contributed by atoms with Crippen LogP contribution in [0.2, 0.25) is 0 Å². The SMILES string of the molecule is CCN1CCOC(CNc2ccc3ncccc3c2N)C1. The number of likely N-dealkylation sites (N-methyl/N-ethyl adjacent to an activating group) is 1. The summed E-state index contributed by atoms with van der Waals surface area (Å²) in [5, 5.41) is 4.40. The predicted molar refractivity (Wildman–Crippen MR) is 86.5 cm³/mol. The molecule has 0 saturated carbocycles. The van der Waals surface area contributed by atoms with Gasteiger partial charge < -0.3 is 15.8 Å². The molecule has 112 valence electrons. The Kier molecular flexibility index (Phi) is 4.22. The van der Waals surface area contributed by atoms with Crippen LogP contribution in [0.15, 0.2) is 30.5 Å². The second-order valence-corrected chi connectivity index (χ2v) is 5.36. The molecule has 3 rings (SSSR count). The van der Waals surface area contributed by atoms with Crippen LogP contribution in [0.1, 0.15) is 6.92 Å². The first-order chi connectivity index (χ1) is 10.3. The topological polar surface area (TPSA) is 63.4 Å². The Morgan fingerprint density at radius 3 is 3.19 bits per heavy atom. The lowest BCUT2D eigenvalue weighted by atomic mass is 10.1. The van der Waals surface area contributed by atoms with Crippen LogP contribution in [0.5, 0.6) is 0 Å². The zero-order valence-electron chi connectivity index (χ0n) is 12.4. The lowest BCUT2D eigenvalue weighted by Gasteiger charge is -2.32. The van der Waals surface area contributed by atoms with E-state index in [1.165, 1.54) is 0 Å². The molecule has 1 aromatic carbocycles. The highest BCUT2D eigenvalue weighted by atomic mass is 16.5. The Labute approximate surface area is 125 Å². The van der Waals surface area contributed by atoms with E-state index in [4.69, 9.17) is 10.5 Å². The van der Waals surface area contributed by atoms with Gasteiger partial charge in [-0.3, -0.25) is 9.88 Å². The number of anilines is 2. The number of rotatable bonds is 4. The smallest absolute Gasteiger partial charge is 0.0874 e. The van der Waals surface area contributed by atoms with Crippen molar-refractivity contribution in [2.24, 2.45) is 0 Å². The Balaban J connectivity index is 1.69. The number of nitrogens with two attached hydrogens (primary N) is 1. The molecule has 2 aromatic rings. The quantitative estimate of drug-likeness (QED) is 0.841. The minimum atomic E-state index is 0.211. The molecule has 1 fully saturated rings. The first kappa shape index (κ1) is 14.1. The van der Waals surface area contributed by atoms with Crippen LogP contribution < -0.4 is 11.1 Å². The van der Waals surface area contributed by atoms with E-state index in [2.05, 4.69) is 22.1 Å². The molecule has 1 unspecified atom stereocenters. The number of hydrogen-bond donors (Lipinski definition) is 2. The van der Waals surface area contributed by atoms with Crippen LogP contribution in [0.4, 0.5) is 11.4 Å². The number of benzene rings is 1. The number of nitrogen functional groups attached to an aromatic ring is 1. The average molecular weight is 286 g/mol. The van der Waals surface area contributed by atoms with E-state index in [1.807, 2.05) is 24.3 Å². The van der Waals surface area contributed by atoms with Crippen LogP contribution in [0, 0.1) is 0 Å². The molecule has 0 spiro atoms. The van der Waals surface area contributed by atoms with E-state index in [-0.39, 0.29) is 6.10 Å². The van der Waals surface area contributed by atoms with Gasteiger partial charge in [0.05, 0.1) is 29.6 Å². The van der Waals surface area contributed by atoms with Crippen molar-refractivity contribution in [2.75, 3.05) is 43.8 Å². The predicted octanol–water partition coefficient (Wildman–Crippen LogP) is 1.95. The van der Waals surface area contributed by atoms with Crippen molar-refractivity contribution in [3.8, 4) is 0 Å². The number of aromatic nitrogens is 1. The molecule has 21 heavy (non-hydrogen) atoms. The van der Waals surface area contributed by atoms with Gasteiger partial charge in [0.1, 0.15) is 0 Å². The Morgan fingerprint density at radius 2 is 2.33 bits per heavy atom. The van der Waals surface area contributed by atoms with E-state index in [0.717, 1.165) is 55.1 Å². The summed E-state index contributed by atoms with van der Waals surface area (Å²) >= 11 is 0. The van der Waals surface area contributed by atoms with Gasteiger partial charge in [-0.1, -0.05) is 6.92 Å². The molecule has 1 aliphatic heterocycles. The fourth-order valence-electron chi connectivity index (χ4n) is 2.74. The summed E-state index contributed by atoms with van der Waals surface area (Å²) in [4.78, 5) is 6.72. The minimum Gasteiger partial charge on any atom is -0.397 e. The van der Waals surface area contributed by atoms with Crippen LogP contribution in [-0.4, -0.2) is 48.8 Å². The van der Waals surface area contributed by atoms with Crippen LogP contribution >= 0.6 is 0 Å². The first-order valence-electron chi connectivity index (χ1n) is 7.49. The molecule has 1 saturated heterocycles. The molecule has 1 aromatic heterocycles. The third-order valence-electron chi connectivity index (χ3n) is 4.02. The second-order valence-electron chi connectivity index (χ2n) is 5.36. The Bertz CT molecular complexity index is 616. The largest absolute Gasteiger partial charge is 0.397 e. The van der Waals surface area contributed by atoms with Crippen molar-refractivity contribution in [3.63, 3.8) is 0 Å². The molecule has 5 nitrogen and oxygen atoms in total. The maximum atomic E-state index is 6.23. The summed E-state index contributed by atoms with van der Waals surface area (Å²) < 4.78 is 5.80. The monoisotopic (exact) mass is 286 g/mol. The van der Waals surface area contributed by atoms with Gasteiger partial charge in [-0.25, -0.2) is 0 Å². The van der Waals surface area contributed by atoms with Crippen LogP contribution in [-0.2, 0) is 4.74 Å². The lowest BCUT2D eigenvalue weighted by molar-refractivity contribution is -0.0191. The summed E-state index contributed by atoms with van der Waals surface area (Å²) in [6.45, 7) is 6.83. The van der Waals surface area contributed by atoms with Gasteiger partial charge in [0.2, 0.25) is 0 Å². The van der Waals surface area contributed by atoms with Gasteiger partial charge >= 0.3 is 0 Å². The maximum absolute atomic E-state index is 6.23. The number of fused-ring (bicyclic) bond motifs is 1. The lowest BCUT2D eigenvalue weighted by Crippen LogP contribution is -2.45. The number of ether oxygens (including phenoxy) is 1. The van der Waals surface area contributed by atoms with E-state index in [9.17, 15) is 0 Å². The fraction of sp³-hybridized carbons (Fsp3) is 0.438. The molecule has 0 radical (unpaired) electrons. The summed E-state index contributed by atoms with van der Waals surface area (Å²) in [5.74, 6) is 0. The van der Waals surface area contributed by atoms with Gasteiger partial charge in [-0.2, -0.15) is 0 Å². The molecule has 2 heterocycles. The fourth-order valence-corrected chi connectivity index (χ4v) is 2.74. The standard InChI is InChI=1S/C16H22N4O/c1-2-20-8-9-21-12(11-20)10-19-15-6-5-14-13(16(15)17)4-3-7-18-14/h3-7,12,19H,2,8-11,17H2,1H3. The van der Waals surface area contributed by atoms with Crippen molar-refractivity contribution in [3.05, 3.63) is 30.5 Å². The van der Waals surface area contributed by atoms with E-state index >= 15 is 0 Å². The van der Waals surface area contributed by atoms with Crippen molar-refractivity contribution in [2.45, 2.75) is 13.0 Å². The third kappa shape index (κ3) is 3.09. The highest BCUT2D eigenvalue weighted by Crippen LogP contribution is 2.27. The van der Waals surface area contributed by atoms with E-state index in [0.29, 0.717) is 0 Å². The minimum absolute atomic E-state index is 0.211. The second kappa shape index (κ2) is 6.28. The summed E-state index contributed by atoms with van der Waals surface area (Å²) in [6, 6.07) is 7.89. The summed E-state index contributed by atoms with van der Waals surface area (Å²) in [6.07, 6.45) is 1.99. The summed E-state index contributed by atoms with van der Waals surface area (Å²) in [7, 11) is 0. The van der Waals surface area contributed by atoms with Crippen molar-refractivity contribution < 1.29 is 4.74 Å². The van der Waals surface area contributed by atoms with Crippen LogP contribution in [0.3, 0.4) is 0 Å². The highest BCUT2D eigenvalue weighted by molar-refractivity contribution is 5.96. The summed E-state index contributed by atoms with van der Waals surface area (Å²) in [5.41, 5.74) is 8.86. The van der Waals surface area contributed by atoms with Crippen molar-refractivity contribution in [1.29, 1.82) is 0 Å². The van der Waals surface area contributed by atoms with Crippen molar-refractivity contribution >= 4 is 22.3 Å². The van der Waals surface area contributed by atoms with Crippen LogP contribution in [0.25, 0.3) is 10.9 Å². The Hall–Kier alpha value is -1.85. The molecular formula is C16H22N4O. The zero-order valence-corrected chi connectivity index (χ0v) is 12.4. The average Bonchev–Trinajstić information content (AvgIpc) is 2.55. The third-order valence-corrected chi connectivity index (χ3v) is 4.02. The number of nitrogens with zero attached hydrogens (tertiary/aromatic N) is 2. The number of nitrogens with one attached hydrogen (secondary N) is 1. The number of pyridine rings is 1. The Morgan fingerprint density at radius 1 is 1.43 bits per heavy atom. The molecular weight excluding hydrogens is 264 g/mol. The first-order valence-corrected chi connectivity index (χ1v) is 7.49. The normalized spacial score (nSPS) is 19.8. The molecule has 3 N–H and O–H groups in total. The van der Waals surface area contributed by atoms with E-state index in [1.54, 1.807) is 6.20 Å². The van der Waals surface area contributed by atoms with Gasteiger partial charge in [0.25, 0.3) is 0 Å². The molecule has 0 aliphatic carbocycles. The van der Waals surface area contributed by atoms with Gasteiger partial charge in [0.15, 0.2) is 0 Å². The van der Waals surface area contributed by atoms with Gasteiger partial charge in [-0.15, -0.1) is 0 Å². The molecule has 0 amide bonds. The molecule has 1 aliphatic rings. The molecule has 5 heteroatoms. The molecule has 1 atom stereocenters. The highest BCUT2D eigenvalue weighted by Gasteiger charge is 2.19.